The standard InChI is InChI=1S/C12H15F3N2O/c1-17-5-4-9(7-17)18-11-3-2-8(16)6-10(11)12(13,14)15/h2-3,6,9H,4-5,7,16H2,1H3. The number of alkyl halides is 3. The van der Waals surface area contributed by atoms with Gasteiger partial charge in [0.2, 0.25) is 0 Å². The van der Waals surface area contributed by atoms with Crippen molar-refractivity contribution in [1.82, 2.24) is 4.90 Å². The highest BCUT2D eigenvalue weighted by Crippen LogP contribution is 2.38. The van der Waals surface area contributed by atoms with E-state index in [1.165, 1.54) is 12.1 Å². The Morgan fingerprint density at radius 2 is 2.11 bits per heavy atom. The maximum atomic E-state index is 12.8. The number of hydrogen-bond donors (Lipinski definition) is 1. The number of nitrogen functional groups attached to an aromatic ring is 1. The lowest BCUT2D eigenvalue weighted by Crippen LogP contribution is -2.22. The molecule has 0 radical (unpaired) electrons. The molecule has 100 valence electrons. The van der Waals surface area contributed by atoms with Crippen molar-refractivity contribution in [2.75, 3.05) is 25.9 Å². The number of nitrogens with two attached hydrogens (primary N) is 1. The molecule has 1 heterocycles. The van der Waals surface area contributed by atoms with E-state index < -0.39 is 11.7 Å². The third-order valence-electron chi connectivity index (χ3n) is 2.95. The van der Waals surface area contributed by atoms with Crippen LogP contribution in [0.4, 0.5) is 18.9 Å². The molecule has 1 fully saturated rings. The minimum absolute atomic E-state index is 0.0817. The Morgan fingerprint density at radius 3 is 2.67 bits per heavy atom. The molecule has 1 saturated heterocycles. The number of benzene rings is 1. The minimum atomic E-state index is -4.45. The third kappa shape index (κ3) is 2.87. The van der Waals surface area contributed by atoms with Crippen molar-refractivity contribution in [2.24, 2.45) is 0 Å². The zero-order valence-electron chi connectivity index (χ0n) is 10.00. The summed E-state index contributed by atoms with van der Waals surface area (Å²) in [6.45, 7) is 1.47. The SMILES string of the molecule is CN1CCC(Oc2ccc(N)cc2C(F)(F)F)C1. The molecule has 0 aromatic heterocycles. The van der Waals surface area contributed by atoms with Crippen LogP contribution in [-0.2, 0) is 6.18 Å². The molecular formula is C12H15F3N2O. The number of anilines is 1. The van der Waals surface area contributed by atoms with Crippen molar-refractivity contribution < 1.29 is 17.9 Å². The van der Waals surface area contributed by atoms with Crippen LogP contribution in [0.25, 0.3) is 0 Å². The zero-order valence-corrected chi connectivity index (χ0v) is 10.00. The number of ether oxygens (including phenoxy) is 1. The van der Waals surface area contributed by atoms with Crippen LogP contribution in [0, 0.1) is 0 Å². The van der Waals surface area contributed by atoms with E-state index in [0.29, 0.717) is 6.54 Å². The molecule has 6 heteroatoms. The quantitative estimate of drug-likeness (QED) is 0.830. The highest BCUT2D eigenvalue weighted by molar-refractivity contribution is 5.49. The first-order valence-corrected chi connectivity index (χ1v) is 5.68. The largest absolute Gasteiger partial charge is 0.488 e. The summed E-state index contributed by atoms with van der Waals surface area (Å²) in [5, 5.41) is 0. The summed E-state index contributed by atoms with van der Waals surface area (Å²) >= 11 is 0. The van der Waals surface area contributed by atoms with Crippen molar-refractivity contribution >= 4 is 5.69 Å². The maximum absolute atomic E-state index is 12.8. The number of rotatable bonds is 2. The highest BCUT2D eigenvalue weighted by Gasteiger charge is 2.35. The Hall–Kier alpha value is -1.43. The average molecular weight is 260 g/mol. The summed E-state index contributed by atoms with van der Waals surface area (Å²) < 4.78 is 43.9. The lowest BCUT2D eigenvalue weighted by Gasteiger charge is -2.18. The molecule has 2 N–H and O–H groups in total. The summed E-state index contributed by atoms with van der Waals surface area (Å²) in [5.74, 6) is -0.142. The van der Waals surface area contributed by atoms with E-state index in [1.807, 2.05) is 11.9 Å². The molecule has 0 bridgehead atoms. The monoisotopic (exact) mass is 260 g/mol. The summed E-state index contributed by atoms with van der Waals surface area (Å²) in [7, 11) is 1.91. The van der Waals surface area contributed by atoms with Crippen LogP contribution in [0.1, 0.15) is 12.0 Å². The Bertz CT molecular complexity index is 434. The Morgan fingerprint density at radius 1 is 1.39 bits per heavy atom. The van der Waals surface area contributed by atoms with Crippen molar-refractivity contribution in [1.29, 1.82) is 0 Å². The molecule has 1 aliphatic heterocycles. The second-order valence-electron chi connectivity index (χ2n) is 4.54. The fourth-order valence-corrected chi connectivity index (χ4v) is 2.04. The second kappa shape index (κ2) is 4.68. The van der Waals surface area contributed by atoms with E-state index in [4.69, 9.17) is 10.5 Å². The topological polar surface area (TPSA) is 38.5 Å². The molecule has 2 rings (SSSR count). The van der Waals surface area contributed by atoms with Gasteiger partial charge in [0.15, 0.2) is 0 Å². The van der Waals surface area contributed by atoms with Gasteiger partial charge in [-0.25, -0.2) is 0 Å². The van der Waals surface area contributed by atoms with E-state index in [0.717, 1.165) is 19.0 Å². The second-order valence-corrected chi connectivity index (χ2v) is 4.54. The molecule has 1 aliphatic rings. The van der Waals surface area contributed by atoms with Crippen LogP contribution in [0.3, 0.4) is 0 Å². The number of likely N-dealkylation sites (N-methyl/N-ethyl adjacent to an activating group) is 1. The van der Waals surface area contributed by atoms with Crippen molar-refractivity contribution in [3.05, 3.63) is 23.8 Å². The van der Waals surface area contributed by atoms with E-state index >= 15 is 0 Å². The first kappa shape index (κ1) is 13.0. The van der Waals surface area contributed by atoms with Gasteiger partial charge in [0.1, 0.15) is 11.9 Å². The molecular weight excluding hydrogens is 245 g/mol. The Labute approximate surface area is 103 Å². The lowest BCUT2D eigenvalue weighted by molar-refractivity contribution is -0.139. The maximum Gasteiger partial charge on any atom is 0.420 e. The fourth-order valence-electron chi connectivity index (χ4n) is 2.04. The zero-order chi connectivity index (χ0) is 13.3. The van der Waals surface area contributed by atoms with E-state index in [-0.39, 0.29) is 17.5 Å². The summed E-state index contributed by atoms with van der Waals surface area (Å²) in [6, 6.07) is 3.62. The summed E-state index contributed by atoms with van der Waals surface area (Å²) in [4.78, 5) is 2.02. The van der Waals surface area contributed by atoms with Crippen LogP contribution < -0.4 is 10.5 Å². The molecule has 1 aromatic rings. The lowest BCUT2D eigenvalue weighted by atomic mass is 10.1. The van der Waals surface area contributed by atoms with Crippen molar-refractivity contribution in [3.63, 3.8) is 0 Å². The van der Waals surface area contributed by atoms with Crippen LogP contribution in [0.5, 0.6) is 5.75 Å². The molecule has 18 heavy (non-hydrogen) atoms. The molecule has 1 aromatic carbocycles. The summed E-state index contributed by atoms with van der Waals surface area (Å²) in [5.41, 5.74) is 4.66. The van der Waals surface area contributed by atoms with Crippen molar-refractivity contribution in [2.45, 2.75) is 18.7 Å². The van der Waals surface area contributed by atoms with E-state index in [9.17, 15) is 13.2 Å². The van der Waals surface area contributed by atoms with Crippen LogP contribution in [0.15, 0.2) is 18.2 Å². The van der Waals surface area contributed by atoms with Crippen LogP contribution in [0.2, 0.25) is 0 Å². The predicted octanol–water partition coefficient (Wildman–Crippen LogP) is 2.37. The smallest absolute Gasteiger partial charge is 0.420 e. The summed E-state index contributed by atoms with van der Waals surface area (Å²) in [6.07, 6.45) is -3.91. The third-order valence-corrected chi connectivity index (χ3v) is 2.95. The van der Waals surface area contributed by atoms with E-state index in [1.54, 1.807) is 0 Å². The van der Waals surface area contributed by atoms with Gasteiger partial charge in [0, 0.05) is 18.8 Å². The van der Waals surface area contributed by atoms with Gasteiger partial charge in [-0.3, -0.25) is 0 Å². The van der Waals surface area contributed by atoms with Crippen molar-refractivity contribution in [3.8, 4) is 5.75 Å². The van der Waals surface area contributed by atoms with E-state index in [2.05, 4.69) is 0 Å². The first-order valence-electron chi connectivity index (χ1n) is 5.68. The van der Waals surface area contributed by atoms with Gasteiger partial charge in [0.25, 0.3) is 0 Å². The average Bonchev–Trinajstić information content (AvgIpc) is 2.65. The fraction of sp³-hybridized carbons (Fsp3) is 0.500. The molecule has 0 aliphatic carbocycles. The molecule has 0 spiro atoms. The first-order chi connectivity index (χ1) is 8.36. The van der Waals surface area contributed by atoms with Gasteiger partial charge in [-0.05, 0) is 31.7 Å². The van der Waals surface area contributed by atoms with Crippen LogP contribution >= 0.6 is 0 Å². The number of halogens is 3. The number of nitrogens with zero attached hydrogens (tertiary/aromatic N) is 1. The normalized spacial score (nSPS) is 21.2. The molecule has 0 amide bonds. The molecule has 1 unspecified atom stereocenters. The predicted molar refractivity (Wildman–Crippen MR) is 62.4 cm³/mol. The van der Waals surface area contributed by atoms with Crippen LogP contribution in [-0.4, -0.2) is 31.1 Å². The number of hydrogen-bond acceptors (Lipinski definition) is 3. The van der Waals surface area contributed by atoms with Gasteiger partial charge in [0.05, 0.1) is 5.56 Å². The number of likely N-dealkylation sites (tertiary alicyclic amines) is 1. The van der Waals surface area contributed by atoms with Gasteiger partial charge in [-0.15, -0.1) is 0 Å². The highest BCUT2D eigenvalue weighted by atomic mass is 19.4. The minimum Gasteiger partial charge on any atom is -0.488 e. The Kier molecular flexibility index (Phi) is 3.38. The molecule has 3 nitrogen and oxygen atoms in total. The molecule has 1 atom stereocenters. The Balaban J connectivity index is 2.22. The van der Waals surface area contributed by atoms with Gasteiger partial charge >= 0.3 is 6.18 Å². The van der Waals surface area contributed by atoms with Gasteiger partial charge in [-0.2, -0.15) is 13.2 Å². The van der Waals surface area contributed by atoms with Gasteiger partial charge < -0.3 is 15.4 Å². The molecule has 0 saturated carbocycles. The van der Waals surface area contributed by atoms with Gasteiger partial charge in [-0.1, -0.05) is 0 Å².